The predicted octanol–water partition coefficient (Wildman–Crippen LogP) is 2.24. The van der Waals surface area contributed by atoms with E-state index in [1.165, 1.54) is 0 Å². The Hall–Kier alpha value is -2.96. The van der Waals surface area contributed by atoms with Gasteiger partial charge in [-0.15, -0.1) is 0 Å². The number of aryl methyl sites for hydroxylation is 1. The number of nitrogens with zero attached hydrogens (tertiary/aromatic N) is 6. The molecule has 7 nitrogen and oxygen atoms in total. The van der Waals surface area contributed by atoms with Gasteiger partial charge in [-0.3, -0.25) is 14.5 Å². The van der Waals surface area contributed by atoms with Gasteiger partial charge in [0.05, 0.1) is 6.54 Å². The van der Waals surface area contributed by atoms with Crippen LogP contribution in [0.1, 0.15) is 35.8 Å². The molecule has 1 atom stereocenters. The molecule has 4 heterocycles. The van der Waals surface area contributed by atoms with Crippen LogP contribution in [-0.4, -0.2) is 48.2 Å². The van der Waals surface area contributed by atoms with Crippen LogP contribution < -0.4 is 0 Å². The average molecular weight is 364 g/mol. The number of carbonyl (C=O) groups excluding carboxylic acids is 1. The van der Waals surface area contributed by atoms with Gasteiger partial charge >= 0.3 is 0 Å². The monoisotopic (exact) mass is 364 g/mol. The molecule has 1 aliphatic rings. The van der Waals surface area contributed by atoms with Crippen molar-refractivity contribution >= 4 is 5.91 Å². The summed E-state index contributed by atoms with van der Waals surface area (Å²) in [6.07, 6.45) is 11.3. The third-order valence-corrected chi connectivity index (χ3v) is 5.18. The quantitative estimate of drug-likeness (QED) is 0.696. The lowest BCUT2D eigenvalue weighted by atomic mass is 9.97. The molecule has 3 aromatic heterocycles. The third-order valence-electron chi connectivity index (χ3n) is 5.18. The van der Waals surface area contributed by atoms with E-state index < -0.39 is 0 Å². The van der Waals surface area contributed by atoms with E-state index >= 15 is 0 Å². The van der Waals surface area contributed by atoms with Crippen LogP contribution in [0.3, 0.4) is 0 Å². The van der Waals surface area contributed by atoms with Crippen molar-refractivity contribution in [3.63, 3.8) is 0 Å². The first-order valence-electron chi connectivity index (χ1n) is 9.37. The molecule has 0 aromatic carbocycles. The van der Waals surface area contributed by atoms with Gasteiger partial charge in [0.25, 0.3) is 0 Å². The first kappa shape index (κ1) is 17.5. The van der Waals surface area contributed by atoms with E-state index in [4.69, 9.17) is 0 Å². The van der Waals surface area contributed by atoms with Gasteiger partial charge in [-0.1, -0.05) is 6.07 Å². The van der Waals surface area contributed by atoms with Crippen LogP contribution >= 0.6 is 0 Å². The first-order valence-corrected chi connectivity index (χ1v) is 9.37. The molecule has 1 aliphatic heterocycles. The zero-order valence-electron chi connectivity index (χ0n) is 15.5. The lowest BCUT2D eigenvalue weighted by molar-refractivity contribution is -0.133. The summed E-state index contributed by atoms with van der Waals surface area (Å²) in [5.41, 5.74) is 2.15. The fraction of sp³-hybridized carbons (Fsp3) is 0.400. The molecule has 0 bridgehead atoms. The van der Waals surface area contributed by atoms with E-state index in [9.17, 15) is 4.79 Å². The van der Waals surface area contributed by atoms with Gasteiger partial charge in [0.2, 0.25) is 5.91 Å². The second-order valence-electron chi connectivity index (χ2n) is 7.08. The summed E-state index contributed by atoms with van der Waals surface area (Å²) < 4.78 is 3.93. The summed E-state index contributed by atoms with van der Waals surface area (Å²) in [4.78, 5) is 23.5. The van der Waals surface area contributed by atoms with Crippen LogP contribution in [0.5, 0.6) is 0 Å². The van der Waals surface area contributed by atoms with Crippen LogP contribution in [0.4, 0.5) is 0 Å². The molecule has 0 aliphatic carbocycles. The Morgan fingerprint density at radius 2 is 2.19 bits per heavy atom. The maximum Gasteiger partial charge on any atom is 0.244 e. The van der Waals surface area contributed by atoms with Crippen LogP contribution in [0.2, 0.25) is 0 Å². The van der Waals surface area contributed by atoms with E-state index in [0.29, 0.717) is 13.1 Å². The Labute approximate surface area is 158 Å². The number of rotatable bonds is 5. The van der Waals surface area contributed by atoms with Crippen molar-refractivity contribution in [1.29, 1.82) is 0 Å². The number of hydrogen-bond acceptors (Lipinski definition) is 4. The summed E-state index contributed by atoms with van der Waals surface area (Å²) in [7, 11) is 0. The van der Waals surface area contributed by atoms with Gasteiger partial charge in [0.1, 0.15) is 12.4 Å². The SMILES string of the molecule is Cc1ccnn1CC(=O)N1CCC[C@H](c2nccn2Cc2cccnc2)C1. The fourth-order valence-corrected chi connectivity index (χ4v) is 3.71. The minimum atomic E-state index is 0.122. The maximum absolute atomic E-state index is 12.7. The standard InChI is InChI=1S/C20H24N6O/c1-16-6-8-23-26(16)15-19(27)24-10-3-5-18(14-24)20-22-9-11-25(20)13-17-4-2-7-21-12-17/h2,4,6-9,11-12,18H,3,5,10,13-15H2,1H3/t18-/m0/s1. The van der Waals surface area contributed by atoms with Gasteiger partial charge in [0.15, 0.2) is 0 Å². The van der Waals surface area contributed by atoms with Crippen molar-refractivity contribution in [2.75, 3.05) is 13.1 Å². The van der Waals surface area contributed by atoms with Gasteiger partial charge in [-0.2, -0.15) is 5.10 Å². The zero-order valence-corrected chi connectivity index (χ0v) is 15.5. The summed E-state index contributed by atoms with van der Waals surface area (Å²) in [5, 5.41) is 4.23. The van der Waals surface area contributed by atoms with Crippen molar-refractivity contribution in [1.82, 2.24) is 29.2 Å². The second kappa shape index (κ2) is 7.73. The Balaban J connectivity index is 1.45. The molecule has 1 amide bonds. The van der Waals surface area contributed by atoms with Gasteiger partial charge < -0.3 is 9.47 Å². The number of hydrogen-bond donors (Lipinski definition) is 0. The Morgan fingerprint density at radius 1 is 1.26 bits per heavy atom. The Morgan fingerprint density at radius 3 is 2.96 bits per heavy atom. The molecule has 140 valence electrons. The summed E-state index contributed by atoms with van der Waals surface area (Å²) in [6, 6.07) is 5.94. The Bertz CT molecular complexity index is 900. The average Bonchev–Trinajstić information content (AvgIpc) is 3.32. The minimum absolute atomic E-state index is 0.122. The lowest BCUT2D eigenvalue weighted by Gasteiger charge is -2.32. The highest BCUT2D eigenvalue weighted by molar-refractivity contribution is 5.76. The van der Waals surface area contributed by atoms with E-state index in [1.54, 1.807) is 17.1 Å². The molecule has 0 unspecified atom stereocenters. The molecule has 0 saturated carbocycles. The van der Waals surface area contributed by atoms with Crippen molar-refractivity contribution < 1.29 is 4.79 Å². The van der Waals surface area contributed by atoms with Crippen LogP contribution in [-0.2, 0) is 17.9 Å². The number of imidazole rings is 1. The van der Waals surface area contributed by atoms with E-state index in [2.05, 4.69) is 25.7 Å². The van der Waals surface area contributed by atoms with Gasteiger partial charge in [-0.25, -0.2) is 4.98 Å². The maximum atomic E-state index is 12.7. The largest absolute Gasteiger partial charge is 0.340 e. The molecular weight excluding hydrogens is 340 g/mol. The molecular formula is C20H24N6O. The number of aromatic nitrogens is 5. The molecule has 1 saturated heterocycles. The van der Waals surface area contributed by atoms with E-state index in [1.807, 2.05) is 42.5 Å². The molecule has 4 rings (SSSR count). The lowest BCUT2D eigenvalue weighted by Crippen LogP contribution is -2.41. The number of amides is 1. The number of carbonyl (C=O) groups is 1. The first-order chi connectivity index (χ1) is 13.2. The Kier molecular flexibility index (Phi) is 5.00. The molecule has 27 heavy (non-hydrogen) atoms. The van der Waals surface area contributed by atoms with E-state index in [-0.39, 0.29) is 11.8 Å². The van der Waals surface area contributed by atoms with Crippen molar-refractivity contribution in [3.05, 3.63) is 66.3 Å². The number of likely N-dealkylation sites (tertiary alicyclic amines) is 1. The molecule has 0 N–H and O–H groups in total. The smallest absolute Gasteiger partial charge is 0.244 e. The fourth-order valence-electron chi connectivity index (χ4n) is 3.71. The van der Waals surface area contributed by atoms with Crippen LogP contribution in [0, 0.1) is 6.92 Å². The molecule has 0 spiro atoms. The highest BCUT2D eigenvalue weighted by atomic mass is 16.2. The summed E-state index contributed by atoms with van der Waals surface area (Å²) in [5.74, 6) is 1.43. The highest BCUT2D eigenvalue weighted by Gasteiger charge is 2.27. The van der Waals surface area contributed by atoms with Gasteiger partial charge in [-0.05, 0) is 37.5 Å². The van der Waals surface area contributed by atoms with Gasteiger partial charge in [0, 0.05) is 55.7 Å². The van der Waals surface area contributed by atoms with Crippen molar-refractivity contribution in [2.24, 2.45) is 0 Å². The van der Waals surface area contributed by atoms with E-state index in [0.717, 1.165) is 43.0 Å². The van der Waals surface area contributed by atoms with Crippen LogP contribution in [0.15, 0.2) is 49.2 Å². The second-order valence-corrected chi connectivity index (χ2v) is 7.08. The third kappa shape index (κ3) is 3.92. The highest BCUT2D eigenvalue weighted by Crippen LogP contribution is 2.26. The molecule has 1 fully saturated rings. The number of piperidine rings is 1. The minimum Gasteiger partial charge on any atom is -0.340 e. The summed E-state index contributed by atoms with van der Waals surface area (Å²) in [6.45, 7) is 4.53. The topological polar surface area (TPSA) is 68.8 Å². The molecule has 7 heteroatoms. The normalized spacial score (nSPS) is 17.2. The molecule has 3 aromatic rings. The predicted molar refractivity (Wildman–Crippen MR) is 101 cm³/mol. The van der Waals surface area contributed by atoms with Crippen molar-refractivity contribution in [3.8, 4) is 0 Å². The number of pyridine rings is 1. The van der Waals surface area contributed by atoms with Crippen LogP contribution in [0.25, 0.3) is 0 Å². The molecule has 0 radical (unpaired) electrons. The van der Waals surface area contributed by atoms with Crippen molar-refractivity contribution in [2.45, 2.75) is 38.8 Å². The summed E-state index contributed by atoms with van der Waals surface area (Å²) >= 11 is 0. The zero-order chi connectivity index (χ0) is 18.6.